The number of anilines is 1. The lowest BCUT2D eigenvalue weighted by Gasteiger charge is -2.18. The number of alkyl halides is 3. The van der Waals surface area contributed by atoms with E-state index in [2.05, 4.69) is 15.4 Å². The minimum absolute atomic E-state index is 0.171. The number of hydrogen-bond acceptors (Lipinski definition) is 6. The molecule has 2 rings (SSSR count). The van der Waals surface area contributed by atoms with Crippen LogP contribution in [0, 0.1) is 11.3 Å². The summed E-state index contributed by atoms with van der Waals surface area (Å²) < 4.78 is 43.7. The standard InChI is InChI=1S/C16H13ClF3N5O3/c1-15(2,3)28-14(27)25-7-8(6-21)12(24-25)23-13(26)9-4-5-10(16(18,19)20)22-11(9)17/h4-5,7H,1-3H3,(H,23,24,26). The third-order valence-electron chi connectivity index (χ3n) is 3.03. The van der Waals surface area contributed by atoms with E-state index in [1.807, 2.05) is 0 Å². The fourth-order valence-corrected chi connectivity index (χ4v) is 2.13. The number of amides is 1. The van der Waals surface area contributed by atoms with Crippen LogP contribution in [-0.4, -0.2) is 32.4 Å². The molecule has 0 spiro atoms. The van der Waals surface area contributed by atoms with Gasteiger partial charge in [-0.25, -0.2) is 9.78 Å². The molecule has 2 heterocycles. The maximum atomic E-state index is 12.6. The minimum Gasteiger partial charge on any atom is -0.442 e. The molecule has 2 aromatic heterocycles. The lowest BCUT2D eigenvalue weighted by Crippen LogP contribution is -2.27. The second-order valence-electron chi connectivity index (χ2n) is 6.41. The number of ether oxygens (including phenoxy) is 1. The van der Waals surface area contributed by atoms with E-state index >= 15 is 0 Å². The normalized spacial score (nSPS) is 11.6. The lowest BCUT2D eigenvalue weighted by molar-refractivity contribution is -0.141. The first kappa shape index (κ1) is 21.2. The number of carbonyl (C=O) groups is 2. The highest BCUT2D eigenvalue weighted by Crippen LogP contribution is 2.29. The molecular weight excluding hydrogens is 403 g/mol. The molecule has 8 nitrogen and oxygen atoms in total. The van der Waals surface area contributed by atoms with Crippen LogP contribution in [0.15, 0.2) is 18.3 Å². The molecule has 0 unspecified atom stereocenters. The Balaban J connectivity index is 2.27. The maximum absolute atomic E-state index is 12.6. The zero-order chi connectivity index (χ0) is 21.3. The quantitative estimate of drug-likeness (QED) is 0.746. The highest BCUT2D eigenvalue weighted by Gasteiger charge is 2.33. The average Bonchev–Trinajstić information content (AvgIpc) is 2.95. The van der Waals surface area contributed by atoms with Crippen molar-refractivity contribution in [2.24, 2.45) is 0 Å². The first-order valence-electron chi connectivity index (χ1n) is 7.60. The zero-order valence-corrected chi connectivity index (χ0v) is 15.5. The van der Waals surface area contributed by atoms with Crippen molar-refractivity contribution in [3.63, 3.8) is 0 Å². The van der Waals surface area contributed by atoms with Crippen molar-refractivity contribution in [3.8, 4) is 6.07 Å². The molecule has 28 heavy (non-hydrogen) atoms. The molecule has 0 bridgehead atoms. The van der Waals surface area contributed by atoms with Gasteiger partial charge in [-0.3, -0.25) is 4.79 Å². The Morgan fingerprint density at radius 1 is 1.29 bits per heavy atom. The first-order valence-corrected chi connectivity index (χ1v) is 7.98. The Morgan fingerprint density at radius 2 is 1.93 bits per heavy atom. The molecule has 148 valence electrons. The Kier molecular flexibility index (Phi) is 5.65. The summed E-state index contributed by atoms with van der Waals surface area (Å²) in [4.78, 5) is 27.4. The van der Waals surface area contributed by atoms with Gasteiger partial charge in [0, 0.05) is 0 Å². The van der Waals surface area contributed by atoms with E-state index in [1.54, 1.807) is 26.8 Å². The second kappa shape index (κ2) is 7.47. The van der Waals surface area contributed by atoms with E-state index in [0.717, 1.165) is 12.3 Å². The number of nitrogens with zero attached hydrogens (tertiary/aromatic N) is 4. The van der Waals surface area contributed by atoms with Gasteiger partial charge in [0.15, 0.2) is 5.82 Å². The van der Waals surface area contributed by atoms with Gasteiger partial charge < -0.3 is 10.1 Å². The van der Waals surface area contributed by atoms with Crippen LogP contribution in [0.25, 0.3) is 0 Å². The van der Waals surface area contributed by atoms with Crippen LogP contribution in [0.3, 0.4) is 0 Å². The Morgan fingerprint density at radius 3 is 2.43 bits per heavy atom. The van der Waals surface area contributed by atoms with E-state index < -0.39 is 34.6 Å². The lowest BCUT2D eigenvalue weighted by atomic mass is 10.2. The molecule has 0 aliphatic rings. The molecule has 0 aliphatic carbocycles. The Hall–Kier alpha value is -3.13. The van der Waals surface area contributed by atoms with Crippen molar-refractivity contribution in [1.82, 2.24) is 14.8 Å². The van der Waals surface area contributed by atoms with Crippen molar-refractivity contribution in [2.75, 3.05) is 5.32 Å². The molecule has 2 aromatic rings. The number of aromatic nitrogens is 3. The molecule has 0 saturated heterocycles. The van der Waals surface area contributed by atoms with Crippen LogP contribution >= 0.6 is 11.6 Å². The highest BCUT2D eigenvalue weighted by molar-refractivity contribution is 6.33. The minimum atomic E-state index is -4.72. The fraction of sp³-hybridized carbons (Fsp3) is 0.312. The third-order valence-corrected chi connectivity index (χ3v) is 3.32. The highest BCUT2D eigenvalue weighted by atomic mass is 35.5. The largest absolute Gasteiger partial charge is 0.442 e. The summed E-state index contributed by atoms with van der Waals surface area (Å²) in [5, 5.41) is 14.4. The second-order valence-corrected chi connectivity index (χ2v) is 6.77. The van der Waals surface area contributed by atoms with Gasteiger partial charge in [0.25, 0.3) is 5.91 Å². The molecule has 1 N–H and O–H groups in total. The summed E-state index contributed by atoms with van der Waals surface area (Å²) in [5.74, 6) is -1.26. The van der Waals surface area contributed by atoms with E-state index in [9.17, 15) is 22.8 Å². The fourth-order valence-electron chi connectivity index (χ4n) is 1.89. The monoisotopic (exact) mass is 415 g/mol. The predicted octanol–water partition coefficient (Wildman–Crippen LogP) is 3.86. The van der Waals surface area contributed by atoms with Crippen LogP contribution in [0.1, 0.15) is 42.4 Å². The summed E-state index contributed by atoms with van der Waals surface area (Å²) >= 11 is 5.66. The van der Waals surface area contributed by atoms with Crippen LogP contribution in [0.4, 0.5) is 23.8 Å². The predicted molar refractivity (Wildman–Crippen MR) is 90.8 cm³/mol. The SMILES string of the molecule is CC(C)(C)OC(=O)n1cc(C#N)c(NC(=O)c2ccc(C(F)(F)F)nc2Cl)n1. The van der Waals surface area contributed by atoms with Crippen molar-refractivity contribution in [1.29, 1.82) is 5.26 Å². The number of nitriles is 1. The Labute approximate surface area is 161 Å². The summed E-state index contributed by atoms with van der Waals surface area (Å²) in [6.07, 6.45) is -4.58. The van der Waals surface area contributed by atoms with Crippen molar-refractivity contribution >= 4 is 29.4 Å². The van der Waals surface area contributed by atoms with Crippen LogP contribution in [-0.2, 0) is 10.9 Å². The van der Waals surface area contributed by atoms with Crippen LogP contribution in [0.2, 0.25) is 5.15 Å². The summed E-state index contributed by atoms with van der Waals surface area (Å²) in [5.41, 5.74) is -2.62. The molecule has 12 heteroatoms. The molecule has 0 radical (unpaired) electrons. The molecule has 0 fully saturated rings. The van der Waals surface area contributed by atoms with Gasteiger partial charge in [-0.2, -0.15) is 23.1 Å². The van der Waals surface area contributed by atoms with E-state index in [1.165, 1.54) is 0 Å². The third kappa shape index (κ3) is 4.98. The van der Waals surface area contributed by atoms with Gasteiger partial charge in [-0.05, 0) is 32.9 Å². The van der Waals surface area contributed by atoms with Gasteiger partial charge >= 0.3 is 12.3 Å². The Bertz CT molecular complexity index is 973. The molecule has 0 saturated carbocycles. The number of rotatable bonds is 2. The van der Waals surface area contributed by atoms with E-state index in [-0.39, 0.29) is 16.9 Å². The summed E-state index contributed by atoms with van der Waals surface area (Å²) in [7, 11) is 0. The number of hydrogen-bond donors (Lipinski definition) is 1. The first-order chi connectivity index (χ1) is 12.8. The van der Waals surface area contributed by atoms with Gasteiger partial charge in [0.1, 0.15) is 28.1 Å². The van der Waals surface area contributed by atoms with E-state index in [4.69, 9.17) is 21.6 Å². The van der Waals surface area contributed by atoms with Gasteiger partial charge in [0.2, 0.25) is 0 Å². The molecule has 0 aromatic carbocycles. The molecular formula is C16H13ClF3N5O3. The zero-order valence-electron chi connectivity index (χ0n) is 14.8. The average molecular weight is 416 g/mol. The smallest absolute Gasteiger partial charge is 0.435 e. The molecule has 0 atom stereocenters. The van der Waals surface area contributed by atoms with Gasteiger partial charge in [-0.1, -0.05) is 11.6 Å². The van der Waals surface area contributed by atoms with Crippen LogP contribution < -0.4 is 5.32 Å². The number of pyridine rings is 1. The van der Waals surface area contributed by atoms with Crippen LogP contribution in [0.5, 0.6) is 0 Å². The van der Waals surface area contributed by atoms with Gasteiger partial charge in [-0.15, -0.1) is 5.10 Å². The molecule has 0 aliphatic heterocycles. The number of halogens is 4. The van der Waals surface area contributed by atoms with Gasteiger partial charge in [0.05, 0.1) is 11.8 Å². The number of carbonyl (C=O) groups excluding carboxylic acids is 2. The van der Waals surface area contributed by atoms with Crippen molar-refractivity contribution < 1.29 is 27.5 Å². The van der Waals surface area contributed by atoms with E-state index in [0.29, 0.717) is 10.7 Å². The van der Waals surface area contributed by atoms with Crippen molar-refractivity contribution in [2.45, 2.75) is 32.5 Å². The summed E-state index contributed by atoms with van der Waals surface area (Å²) in [6.45, 7) is 4.88. The topological polar surface area (TPSA) is 110 Å². The van der Waals surface area contributed by atoms with Crippen molar-refractivity contribution in [3.05, 3.63) is 40.3 Å². The maximum Gasteiger partial charge on any atom is 0.435 e. The summed E-state index contributed by atoms with van der Waals surface area (Å²) in [6, 6.07) is 3.16. The number of nitrogens with one attached hydrogen (secondary N) is 1. The molecule has 1 amide bonds.